The van der Waals surface area contributed by atoms with Crippen LogP contribution in [0.15, 0.2) is 52.2 Å². The Morgan fingerprint density at radius 3 is 2.73 bits per heavy atom. The predicted molar refractivity (Wildman–Crippen MR) is 79.9 cm³/mol. The number of hydrogen-bond acceptors (Lipinski definition) is 6. The fourth-order valence-corrected chi connectivity index (χ4v) is 1.85. The Balaban J connectivity index is 1.66. The van der Waals surface area contributed by atoms with Crippen LogP contribution in [0.4, 0.5) is 0 Å². The minimum atomic E-state index is -0.303. The van der Waals surface area contributed by atoms with E-state index in [9.17, 15) is 4.79 Å². The lowest BCUT2D eigenvalue weighted by Crippen LogP contribution is -2.17. The lowest BCUT2D eigenvalue weighted by atomic mass is 10.2. The molecule has 1 heterocycles. The zero-order valence-corrected chi connectivity index (χ0v) is 11.7. The van der Waals surface area contributed by atoms with Gasteiger partial charge in [0, 0.05) is 5.56 Å². The Morgan fingerprint density at radius 1 is 1.18 bits per heavy atom. The SMILES string of the molecule is COc1ccc(C(=O)NN=Cc2ccc3nonc3c2)cc1. The van der Waals surface area contributed by atoms with Crippen LogP contribution in [0.3, 0.4) is 0 Å². The maximum atomic E-state index is 11.9. The summed E-state index contributed by atoms with van der Waals surface area (Å²) in [5, 5.41) is 11.4. The molecular weight excluding hydrogens is 284 g/mol. The van der Waals surface area contributed by atoms with Crippen molar-refractivity contribution in [2.45, 2.75) is 0 Å². The normalized spacial score (nSPS) is 11.0. The summed E-state index contributed by atoms with van der Waals surface area (Å²) in [6.07, 6.45) is 1.52. The summed E-state index contributed by atoms with van der Waals surface area (Å²) in [4.78, 5) is 11.9. The fraction of sp³-hybridized carbons (Fsp3) is 0.0667. The molecule has 1 amide bonds. The first-order chi connectivity index (χ1) is 10.8. The second kappa shape index (κ2) is 6.04. The molecule has 1 N–H and O–H groups in total. The van der Waals surface area contributed by atoms with Gasteiger partial charge in [0.05, 0.1) is 13.3 Å². The number of amides is 1. The lowest BCUT2D eigenvalue weighted by molar-refractivity contribution is 0.0955. The van der Waals surface area contributed by atoms with Gasteiger partial charge < -0.3 is 4.74 Å². The molecule has 0 radical (unpaired) electrons. The Kier molecular flexibility index (Phi) is 3.78. The van der Waals surface area contributed by atoms with Crippen molar-refractivity contribution in [3.05, 3.63) is 53.6 Å². The van der Waals surface area contributed by atoms with Gasteiger partial charge in [0.1, 0.15) is 16.8 Å². The number of benzene rings is 2. The van der Waals surface area contributed by atoms with Crippen molar-refractivity contribution < 1.29 is 14.2 Å². The molecule has 3 aromatic rings. The van der Waals surface area contributed by atoms with Gasteiger partial charge in [-0.1, -0.05) is 6.07 Å². The van der Waals surface area contributed by atoms with Crippen molar-refractivity contribution in [2.24, 2.45) is 5.10 Å². The minimum Gasteiger partial charge on any atom is -0.497 e. The Hall–Kier alpha value is -3.22. The molecule has 1 aromatic heterocycles. The third kappa shape index (κ3) is 2.93. The summed E-state index contributed by atoms with van der Waals surface area (Å²) in [5.41, 5.74) is 5.02. The van der Waals surface area contributed by atoms with E-state index in [2.05, 4.69) is 25.5 Å². The van der Waals surface area contributed by atoms with Gasteiger partial charge in [0.2, 0.25) is 0 Å². The largest absolute Gasteiger partial charge is 0.497 e. The van der Waals surface area contributed by atoms with Crippen molar-refractivity contribution in [1.29, 1.82) is 0 Å². The van der Waals surface area contributed by atoms with Gasteiger partial charge >= 0.3 is 0 Å². The van der Waals surface area contributed by atoms with Crippen molar-refractivity contribution >= 4 is 23.2 Å². The number of nitrogens with zero attached hydrogens (tertiary/aromatic N) is 3. The number of fused-ring (bicyclic) bond motifs is 1. The van der Waals surface area contributed by atoms with Gasteiger partial charge in [-0.05, 0) is 52.3 Å². The molecule has 0 fully saturated rings. The van der Waals surface area contributed by atoms with Gasteiger partial charge in [-0.3, -0.25) is 4.79 Å². The number of hydrogen-bond donors (Lipinski definition) is 1. The zero-order chi connectivity index (χ0) is 15.4. The standard InChI is InChI=1S/C15H12N4O3/c1-21-12-5-3-11(4-6-12)15(20)17-16-9-10-2-7-13-14(8-10)19-22-18-13/h2-9H,1H3,(H,17,20). The molecule has 3 rings (SSSR count). The Morgan fingerprint density at radius 2 is 1.95 bits per heavy atom. The molecule has 0 aliphatic carbocycles. The summed E-state index contributed by atoms with van der Waals surface area (Å²) in [5.74, 6) is 0.387. The highest BCUT2D eigenvalue weighted by Gasteiger charge is 2.04. The number of carbonyl (C=O) groups excluding carboxylic acids is 1. The number of rotatable bonds is 4. The molecule has 110 valence electrons. The molecule has 0 unspecified atom stereocenters. The first-order valence-electron chi connectivity index (χ1n) is 6.46. The number of methoxy groups -OCH3 is 1. The molecule has 7 heteroatoms. The topological polar surface area (TPSA) is 89.6 Å². The lowest BCUT2D eigenvalue weighted by Gasteiger charge is -2.02. The first kappa shape index (κ1) is 13.7. The van der Waals surface area contributed by atoms with Crippen molar-refractivity contribution in [3.8, 4) is 5.75 Å². The summed E-state index contributed by atoms with van der Waals surface area (Å²) >= 11 is 0. The molecule has 0 aliphatic rings. The van der Waals surface area contributed by atoms with Crippen LogP contribution in [0.25, 0.3) is 11.0 Å². The van der Waals surface area contributed by atoms with Crippen LogP contribution in [-0.2, 0) is 0 Å². The highest BCUT2D eigenvalue weighted by atomic mass is 16.6. The number of hydrazone groups is 1. The smallest absolute Gasteiger partial charge is 0.271 e. The molecule has 0 atom stereocenters. The summed E-state index contributed by atoms with van der Waals surface area (Å²) in [6.45, 7) is 0. The van der Waals surface area contributed by atoms with Gasteiger partial charge in [-0.15, -0.1) is 0 Å². The summed E-state index contributed by atoms with van der Waals surface area (Å²) in [6, 6.07) is 12.1. The molecule has 22 heavy (non-hydrogen) atoms. The average molecular weight is 296 g/mol. The molecular formula is C15H12N4O3. The van der Waals surface area contributed by atoms with Crippen molar-refractivity contribution in [3.63, 3.8) is 0 Å². The van der Waals surface area contributed by atoms with Crippen LogP contribution >= 0.6 is 0 Å². The summed E-state index contributed by atoms with van der Waals surface area (Å²) < 4.78 is 9.65. The number of carbonyl (C=O) groups is 1. The number of ether oxygens (including phenoxy) is 1. The monoisotopic (exact) mass is 296 g/mol. The van der Waals surface area contributed by atoms with Crippen LogP contribution < -0.4 is 10.2 Å². The minimum absolute atomic E-state index is 0.303. The molecule has 2 aromatic carbocycles. The van der Waals surface area contributed by atoms with Crippen LogP contribution in [0.5, 0.6) is 5.75 Å². The molecule has 0 saturated carbocycles. The number of nitrogens with one attached hydrogen (secondary N) is 1. The van der Waals surface area contributed by atoms with E-state index in [0.29, 0.717) is 22.3 Å². The fourth-order valence-electron chi connectivity index (χ4n) is 1.85. The van der Waals surface area contributed by atoms with Gasteiger partial charge in [-0.25, -0.2) is 10.1 Å². The van der Waals surface area contributed by atoms with E-state index in [-0.39, 0.29) is 5.91 Å². The number of aromatic nitrogens is 2. The molecule has 0 aliphatic heterocycles. The molecule has 0 spiro atoms. The van der Waals surface area contributed by atoms with Gasteiger partial charge in [0.25, 0.3) is 5.91 Å². The Labute approximate surface area is 125 Å². The van der Waals surface area contributed by atoms with E-state index in [4.69, 9.17) is 4.74 Å². The quantitative estimate of drug-likeness (QED) is 0.587. The van der Waals surface area contributed by atoms with Crippen molar-refractivity contribution in [1.82, 2.24) is 15.7 Å². The zero-order valence-electron chi connectivity index (χ0n) is 11.7. The second-order valence-electron chi connectivity index (χ2n) is 4.44. The van der Waals surface area contributed by atoms with E-state index in [0.717, 1.165) is 5.56 Å². The van der Waals surface area contributed by atoms with E-state index in [1.165, 1.54) is 6.21 Å². The Bertz CT molecular complexity index is 824. The van der Waals surface area contributed by atoms with Crippen molar-refractivity contribution in [2.75, 3.05) is 7.11 Å². The average Bonchev–Trinajstić information content (AvgIpc) is 3.02. The highest BCUT2D eigenvalue weighted by molar-refractivity contribution is 5.95. The molecule has 0 saturated heterocycles. The van der Waals surface area contributed by atoms with Gasteiger partial charge in [0.15, 0.2) is 0 Å². The van der Waals surface area contributed by atoms with E-state index < -0.39 is 0 Å². The van der Waals surface area contributed by atoms with E-state index in [1.807, 2.05) is 0 Å². The van der Waals surface area contributed by atoms with Crippen LogP contribution in [-0.4, -0.2) is 29.5 Å². The second-order valence-corrected chi connectivity index (χ2v) is 4.44. The van der Waals surface area contributed by atoms with E-state index in [1.54, 1.807) is 49.6 Å². The van der Waals surface area contributed by atoms with E-state index >= 15 is 0 Å². The van der Waals surface area contributed by atoms with Gasteiger partial charge in [-0.2, -0.15) is 5.10 Å². The third-order valence-electron chi connectivity index (χ3n) is 3.01. The third-order valence-corrected chi connectivity index (χ3v) is 3.01. The molecule has 0 bridgehead atoms. The summed E-state index contributed by atoms with van der Waals surface area (Å²) in [7, 11) is 1.57. The maximum absolute atomic E-state index is 11.9. The molecule has 7 nitrogen and oxygen atoms in total. The van der Waals surface area contributed by atoms with Crippen LogP contribution in [0.2, 0.25) is 0 Å². The maximum Gasteiger partial charge on any atom is 0.271 e. The predicted octanol–water partition coefficient (Wildman–Crippen LogP) is 2.00. The van der Waals surface area contributed by atoms with Crippen LogP contribution in [0, 0.1) is 0 Å². The highest BCUT2D eigenvalue weighted by Crippen LogP contribution is 2.11. The van der Waals surface area contributed by atoms with Crippen LogP contribution in [0.1, 0.15) is 15.9 Å². The first-order valence-corrected chi connectivity index (χ1v) is 6.46.